The molecular weight excluding hydrogens is 306 g/mol. The van der Waals surface area contributed by atoms with E-state index in [1.807, 2.05) is 31.2 Å². The summed E-state index contributed by atoms with van der Waals surface area (Å²) in [6.07, 6.45) is 2.27. The van der Waals surface area contributed by atoms with Gasteiger partial charge >= 0.3 is 0 Å². The molecule has 1 atom stereocenters. The number of likely N-dealkylation sites (tertiary alicyclic amines) is 1. The molecule has 3 heterocycles. The third-order valence-electron chi connectivity index (χ3n) is 4.54. The third-order valence-corrected chi connectivity index (χ3v) is 4.54. The van der Waals surface area contributed by atoms with Crippen molar-refractivity contribution in [2.24, 2.45) is 0 Å². The molecule has 24 heavy (non-hydrogen) atoms. The minimum absolute atomic E-state index is 0.448. The maximum Gasteiger partial charge on any atom is 0.241 e. The standard InChI is InChI=1S/C18H19N3O3/c1-13-5-2-3-6-14(13)18(22)8-9-21(12-18)11-16-19-17(20-24-16)15-7-4-10-23-15/h2-7,10,22H,8-9,11-12H2,1H3/t18-/m0/s1. The Kier molecular flexibility index (Phi) is 3.70. The normalized spacial score (nSPS) is 21.4. The van der Waals surface area contributed by atoms with E-state index < -0.39 is 5.60 Å². The van der Waals surface area contributed by atoms with E-state index >= 15 is 0 Å². The Balaban J connectivity index is 1.47. The van der Waals surface area contributed by atoms with Crippen molar-refractivity contribution < 1.29 is 14.0 Å². The van der Waals surface area contributed by atoms with Gasteiger partial charge in [-0.25, -0.2) is 0 Å². The zero-order chi connectivity index (χ0) is 16.6. The fourth-order valence-electron chi connectivity index (χ4n) is 3.34. The molecule has 3 aromatic rings. The lowest BCUT2D eigenvalue weighted by Gasteiger charge is -2.25. The minimum atomic E-state index is -0.824. The predicted molar refractivity (Wildman–Crippen MR) is 87.0 cm³/mol. The molecule has 1 N–H and O–H groups in total. The van der Waals surface area contributed by atoms with Crippen LogP contribution in [0.1, 0.15) is 23.4 Å². The highest BCUT2D eigenvalue weighted by molar-refractivity contribution is 5.44. The van der Waals surface area contributed by atoms with Gasteiger partial charge < -0.3 is 14.0 Å². The summed E-state index contributed by atoms with van der Waals surface area (Å²) in [5.74, 6) is 1.56. The van der Waals surface area contributed by atoms with Gasteiger partial charge in [0.2, 0.25) is 11.7 Å². The van der Waals surface area contributed by atoms with E-state index in [2.05, 4.69) is 15.0 Å². The highest BCUT2D eigenvalue weighted by Gasteiger charge is 2.38. The Morgan fingerprint density at radius 2 is 2.12 bits per heavy atom. The molecule has 0 amide bonds. The third kappa shape index (κ3) is 2.74. The molecule has 1 aliphatic rings. The van der Waals surface area contributed by atoms with Gasteiger partial charge in [0.05, 0.1) is 12.8 Å². The molecule has 124 valence electrons. The molecular formula is C18H19N3O3. The van der Waals surface area contributed by atoms with E-state index in [1.54, 1.807) is 18.4 Å². The molecule has 1 saturated heterocycles. The molecule has 6 heteroatoms. The molecule has 0 spiro atoms. The molecule has 0 aliphatic carbocycles. The maximum atomic E-state index is 11.0. The first-order valence-corrected chi connectivity index (χ1v) is 8.01. The van der Waals surface area contributed by atoms with E-state index in [9.17, 15) is 5.11 Å². The topological polar surface area (TPSA) is 75.5 Å². The number of rotatable bonds is 4. The van der Waals surface area contributed by atoms with Crippen LogP contribution in [0, 0.1) is 6.92 Å². The second-order valence-corrected chi connectivity index (χ2v) is 6.30. The number of hydrogen-bond acceptors (Lipinski definition) is 6. The lowest BCUT2D eigenvalue weighted by molar-refractivity contribution is 0.0435. The summed E-state index contributed by atoms with van der Waals surface area (Å²) in [6, 6.07) is 11.6. The van der Waals surface area contributed by atoms with E-state index in [0.717, 1.165) is 17.7 Å². The van der Waals surface area contributed by atoms with Gasteiger partial charge in [-0.15, -0.1) is 0 Å². The Labute approximate surface area is 139 Å². The highest BCUT2D eigenvalue weighted by atomic mass is 16.5. The van der Waals surface area contributed by atoms with Gasteiger partial charge in [0.15, 0.2) is 5.76 Å². The van der Waals surface area contributed by atoms with Crippen molar-refractivity contribution >= 4 is 0 Å². The Morgan fingerprint density at radius 3 is 2.92 bits per heavy atom. The molecule has 6 nitrogen and oxygen atoms in total. The van der Waals surface area contributed by atoms with Crippen molar-refractivity contribution in [1.82, 2.24) is 15.0 Å². The van der Waals surface area contributed by atoms with Crippen molar-refractivity contribution in [2.45, 2.75) is 25.5 Å². The van der Waals surface area contributed by atoms with Crippen molar-refractivity contribution in [1.29, 1.82) is 0 Å². The van der Waals surface area contributed by atoms with Crippen LogP contribution in [-0.2, 0) is 12.1 Å². The van der Waals surface area contributed by atoms with Crippen LogP contribution in [0.25, 0.3) is 11.6 Å². The van der Waals surface area contributed by atoms with E-state index in [4.69, 9.17) is 8.94 Å². The monoisotopic (exact) mass is 325 g/mol. The molecule has 1 aliphatic heterocycles. The van der Waals surface area contributed by atoms with Crippen molar-refractivity contribution in [3.8, 4) is 11.6 Å². The summed E-state index contributed by atoms with van der Waals surface area (Å²) in [6.45, 7) is 3.88. The van der Waals surface area contributed by atoms with Crippen LogP contribution in [-0.4, -0.2) is 33.2 Å². The first kappa shape index (κ1) is 15.1. The van der Waals surface area contributed by atoms with Crippen LogP contribution < -0.4 is 0 Å². The summed E-state index contributed by atoms with van der Waals surface area (Å²) in [4.78, 5) is 6.49. The summed E-state index contributed by atoms with van der Waals surface area (Å²) in [5.41, 5.74) is 1.28. The van der Waals surface area contributed by atoms with Crippen molar-refractivity contribution in [3.63, 3.8) is 0 Å². The molecule has 0 radical (unpaired) electrons. The largest absolute Gasteiger partial charge is 0.461 e. The van der Waals surface area contributed by atoms with Gasteiger partial charge in [-0.2, -0.15) is 4.98 Å². The van der Waals surface area contributed by atoms with Crippen molar-refractivity contribution in [3.05, 3.63) is 59.7 Å². The maximum absolute atomic E-state index is 11.0. The summed E-state index contributed by atoms with van der Waals surface area (Å²) in [5, 5.41) is 15.0. The molecule has 0 bridgehead atoms. The van der Waals surface area contributed by atoms with Gasteiger partial charge in [0, 0.05) is 13.1 Å². The predicted octanol–water partition coefficient (Wildman–Crippen LogP) is 2.73. The average molecular weight is 325 g/mol. The summed E-state index contributed by atoms with van der Waals surface area (Å²) >= 11 is 0. The quantitative estimate of drug-likeness (QED) is 0.795. The SMILES string of the molecule is Cc1ccccc1[C@]1(O)CCN(Cc2nc(-c3ccco3)no2)C1. The van der Waals surface area contributed by atoms with Gasteiger partial charge in [-0.3, -0.25) is 4.90 Å². The Hall–Kier alpha value is -2.44. The van der Waals surface area contributed by atoms with Crippen LogP contribution in [0.4, 0.5) is 0 Å². The fraction of sp³-hybridized carbons (Fsp3) is 0.333. The average Bonchev–Trinajstić information content (AvgIpc) is 3.29. The number of aromatic nitrogens is 2. The Bertz CT molecular complexity index is 828. The van der Waals surface area contributed by atoms with Crippen LogP contribution in [0.15, 0.2) is 51.6 Å². The molecule has 0 saturated carbocycles. The lowest BCUT2D eigenvalue weighted by Crippen LogP contribution is -2.31. The molecule has 2 aromatic heterocycles. The van der Waals surface area contributed by atoms with Gasteiger partial charge in [0.25, 0.3) is 0 Å². The number of hydrogen-bond donors (Lipinski definition) is 1. The minimum Gasteiger partial charge on any atom is -0.461 e. The smallest absolute Gasteiger partial charge is 0.241 e. The van der Waals surface area contributed by atoms with Crippen molar-refractivity contribution in [2.75, 3.05) is 13.1 Å². The first-order chi connectivity index (χ1) is 11.6. The number of aliphatic hydroxyl groups is 1. The molecule has 0 unspecified atom stereocenters. The zero-order valence-corrected chi connectivity index (χ0v) is 13.5. The van der Waals surface area contributed by atoms with Crippen LogP contribution in [0.2, 0.25) is 0 Å². The van der Waals surface area contributed by atoms with Crippen LogP contribution >= 0.6 is 0 Å². The number of benzene rings is 1. The number of nitrogens with zero attached hydrogens (tertiary/aromatic N) is 3. The lowest BCUT2D eigenvalue weighted by atomic mass is 9.89. The van der Waals surface area contributed by atoms with Crippen LogP contribution in [0.5, 0.6) is 0 Å². The van der Waals surface area contributed by atoms with Gasteiger partial charge in [0.1, 0.15) is 5.60 Å². The van der Waals surface area contributed by atoms with Gasteiger partial charge in [-0.1, -0.05) is 29.4 Å². The fourth-order valence-corrected chi connectivity index (χ4v) is 3.34. The second-order valence-electron chi connectivity index (χ2n) is 6.30. The van der Waals surface area contributed by atoms with Gasteiger partial charge in [-0.05, 0) is 36.6 Å². The van der Waals surface area contributed by atoms with E-state index in [1.165, 1.54) is 0 Å². The number of aryl methyl sites for hydroxylation is 1. The number of β-amino-alcohol motifs (C(OH)–C–C–N with tert-alkyl or cyclic N) is 1. The number of furan rings is 1. The first-order valence-electron chi connectivity index (χ1n) is 8.01. The van der Waals surface area contributed by atoms with E-state index in [0.29, 0.717) is 37.0 Å². The second kappa shape index (κ2) is 5.89. The molecule has 1 aromatic carbocycles. The van der Waals surface area contributed by atoms with Crippen LogP contribution in [0.3, 0.4) is 0 Å². The molecule has 4 rings (SSSR count). The summed E-state index contributed by atoms with van der Waals surface area (Å²) < 4.78 is 10.6. The molecule has 1 fully saturated rings. The van der Waals surface area contributed by atoms with E-state index in [-0.39, 0.29) is 0 Å². The summed E-state index contributed by atoms with van der Waals surface area (Å²) in [7, 11) is 0. The highest BCUT2D eigenvalue weighted by Crippen LogP contribution is 2.34. The zero-order valence-electron chi connectivity index (χ0n) is 13.5. The Morgan fingerprint density at radius 1 is 1.25 bits per heavy atom.